The average Bonchev–Trinajstić information content (AvgIpc) is 2.67. The first-order chi connectivity index (χ1) is 13.4. The Bertz CT molecular complexity index is 796. The summed E-state index contributed by atoms with van der Waals surface area (Å²) in [6.45, 7) is 1.07. The lowest BCUT2D eigenvalue weighted by atomic mass is 10.1. The third-order valence-electron chi connectivity index (χ3n) is 4.46. The van der Waals surface area contributed by atoms with Crippen LogP contribution in [0.2, 0.25) is 0 Å². The quantitative estimate of drug-likeness (QED) is 0.510. The summed E-state index contributed by atoms with van der Waals surface area (Å²) in [4.78, 5) is 6.41. The number of aliphatic imine (C=N–C) groups is 1. The predicted octanol–water partition coefficient (Wildman–Crippen LogP) is 2.59. The van der Waals surface area contributed by atoms with Crippen LogP contribution in [0.1, 0.15) is 17.2 Å². The SMILES string of the molecule is COc1ccc(CCNC(N)=NCC(c2cccc(F)c2)N(C)C)cc1OC. The molecule has 1 unspecified atom stereocenters. The normalized spacial score (nSPS) is 12.7. The highest BCUT2D eigenvalue weighted by atomic mass is 19.1. The van der Waals surface area contributed by atoms with Gasteiger partial charge in [0.2, 0.25) is 0 Å². The molecule has 0 aromatic heterocycles. The van der Waals surface area contributed by atoms with Gasteiger partial charge < -0.3 is 25.4 Å². The van der Waals surface area contributed by atoms with Gasteiger partial charge in [-0.15, -0.1) is 0 Å². The highest BCUT2D eigenvalue weighted by molar-refractivity contribution is 5.77. The maximum absolute atomic E-state index is 13.5. The van der Waals surface area contributed by atoms with Crippen molar-refractivity contribution in [1.82, 2.24) is 10.2 Å². The third kappa shape index (κ3) is 6.13. The molecule has 0 amide bonds. The van der Waals surface area contributed by atoms with Gasteiger partial charge in [0.1, 0.15) is 5.82 Å². The van der Waals surface area contributed by atoms with E-state index in [0.29, 0.717) is 30.5 Å². The molecular formula is C21H29FN4O2. The van der Waals surface area contributed by atoms with E-state index in [4.69, 9.17) is 15.2 Å². The Balaban J connectivity index is 1.91. The zero-order valence-corrected chi connectivity index (χ0v) is 16.9. The van der Waals surface area contributed by atoms with E-state index in [9.17, 15) is 4.39 Å². The number of nitrogens with zero attached hydrogens (tertiary/aromatic N) is 2. The van der Waals surface area contributed by atoms with Gasteiger partial charge in [-0.25, -0.2) is 4.39 Å². The highest BCUT2D eigenvalue weighted by Gasteiger charge is 2.14. The lowest BCUT2D eigenvalue weighted by Gasteiger charge is -2.23. The number of nitrogens with one attached hydrogen (secondary N) is 1. The Morgan fingerprint density at radius 2 is 1.89 bits per heavy atom. The molecule has 0 aliphatic rings. The lowest BCUT2D eigenvalue weighted by Crippen LogP contribution is -2.34. The minimum Gasteiger partial charge on any atom is -0.493 e. The molecule has 0 saturated heterocycles. The van der Waals surface area contributed by atoms with Gasteiger partial charge in [0.15, 0.2) is 17.5 Å². The number of hydrogen-bond donors (Lipinski definition) is 2. The summed E-state index contributed by atoms with van der Waals surface area (Å²) in [6, 6.07) is 12.3. The monoisotopic (exact) mass is 388 g/mol. The number of methoxy groups -OCH3 is 2. The lowest BCUT2D eigenvalue weighted by molar-refractivity contribution is 0.305. The molecular weight excluding hydrogens is 359 g/mol. The van der Waals surface area contributed by atoms with E-state index in [1.54, 1.807) is 20.3 Å². The summed E-state index contributed by atoms with van der Waals surface area (Å²) in [5.74, 6) is 1.51. The van der Waals surface area contributed by atoms with Crippen LogP contribution in [0.4, 0.5) is 4.39 Å². The van der Waals surface area contributed by atoms with Gasteiger partial charge in [-0.1, -0.05) is 18.2 Å². The van der Waals surface area contributed by atoms with Crippen LogP contribution in [0.3, 0.4) is 0 Å². The molecule has 0 heterocycles. The molecule has 0 saturated carbocycles. The van der Waals surface area contributed by atoms with Crippen LogP contribution < -0.4 is 20.5 Å². The number of hydrogen-bond acceptors (Lipinski definition) is 4. The summed E-state index contributed by atoms with van der Waals surface area (Å²) in [5.41, 5.74) is 7.97. The van der Waals surface area contributed by atoms with Crippen molar-refractivity contribution in [2.45, 2.75) is 12.5 Å². The Labute approximate surface area is 166 Å². The Hall–Kier alpha value is -2.80. The van der Waals surface area contributed by atoms with Crippen LogP contribution in [-0.4, -0.2) is 52.3 Å². The Morgan fingerprint density at radius 1 is 1.14 bits per heavy atom. The zero-order chi connectivity index (χ0) is 20.5. The molecule has 2 aromatic rings. The topological polar surface area (TPSA) is 72.1 Å². The summed E-state index contributed by atoms with van der Waals surface area (Å²) in [5, 5.41) is 3.12. The van der Waals surface area contributed by atoms with E-state index in [-0.39, 0.29) is 11.9 Å². The molecule has 0 aliphatic carbocycles. The minimum absolute atomic E-state index is 0.0538. The molecule has 1 atom stereocenters. The highest BCUT2D eigenvalue weighted by Crippen LogP contribution is 2.27. The van der Waals surface area contributed by atoms with Crippen molar-refractivity contribution < 1.29 is 13.9 Å². The molecule has 0 fully saturated rings. The van der Waals surface area contributed by atoms with Gasteiger partial charge in [0, 0.05) is 6.54 Å². The van der Waals surface area contributed by atoms with Gasteiger partial charge in [-0.2, -0.15) is 0 Å². The van der Waals surface area contributed by atoms with E-state index in [1.165, 1.54) is 12.1 Å². The number of nitrogens with two attached hydrogens (primary N) is 1. The Morgan fingerprint density at radius 3 is 2.54 bits per heavy atom. The van der Waals surface area contributed by atoms with E-state index >= 15 is 0 Å². The number of likely N-dealkylation sites (N-methyl/N-ethyl adjacent to an activating group) is 1. The van der Waals surface area contributed by atoms with Crippen LogP contribution in [0.25, 0.3) is 0 Å². The number of halogens is 1. The maximum atomic E-state index is 13.5. The molecule has 6 nitrogen and oxygen atoms in total. The first-order valence-corrected chi connectivity index (χ1v) is 9.11. The molecule has 0 aliphatic heterocycles. The number of ether oxygens (including phenoxy) is 2. The zero-order valence-electron chi connectivity index (χ0n) is 16.9. The van der Waals surface area contributed by atoms with Crippen molar-refractivity contribution >= 4 is 5.96 Å². The molecule has 3 N–H and O–H groups in total. The Kier molecular flexibility index (Phi) is 8.07. The van der Waals surface area contributed by atoms with Crippen molar-refractivity contribution in [2.75, 3.05) is 41.4 Å². The van der Waals surface area contributed by atoms with Crippen molar-refractivity contribution in [3.05, 3.63) is 59.4 Å². The van der Waals surface area contributed by atoms with Crippen LogP contribution >= 0.6 is 0 Å². The molecule has 28 heavy (non-hydrogen) atoms. The molecule has 7 heteroatoms. The predicted molar refractivity (Wildman–Crippen MR) is 111 cm³/mol. The fraction of sp³-hybridized carbons (Fsp3) is 0.381. The standard InChI is InChI=1S/C21H29FN4O2/c1-26(2)18(16-6-5-7-17(22)13-16)14-25-21(23)24-11-10-15-8-9-19(27-3)20(12-15)28-4/h5-9,12-13,18H,10-11,14H2,1-4H3,(H3,23,24,25). The molecule has 152 valence electrons. The molecule has 0 radical (unpaired) electrons. The second-order valence-electron chi connectivity index (χ2n) is 6.63. The second kappa shape index (κ2) is 10.5. The van der Waals surface area contributed by atoms with Crippen molar-refractivity contribution in [3.8, 4) is 11.5 Å². The molecule has 0 spiro atoms. The molecule has 2 aromatic carbocycles. The van der Waals surface area contributed by atoms with Gasteiger partial charge >= 0.3 is 0 Å². The van der Waals surface area contributed by atoms with E-state index in [1.807, 2.05) is 43.3 Å². The summed E-state index contributed by atoms with van der Waals surface area (Å²) >= 11 is 0. The van der Waals surface area contributed by atoms with Crippen molar-refractivity contribution in [3.63, 3.8) is 0 Å². The smallest absolute Gasteiger partial charge is 0.188 e. The number of rotatable bonds is 9. The average molecular weight is 388 g/mol. The van der Waals surface area contributed by atoms with Crippen molar-refractivity contribution in [2.24, 2.45) is 10.7 Å². The van der Waals surface area contributed by atoms with Crippen LogP contribution in [-0.2, 0) is 6.42 Å². The fourth-order valence-electron chi connectivity index (χ4n) is 2.89. The van der Waals surface area contributed by atoms with E-state index < -0.39 is 0 Å². The van der Waals surface area contributed by atoms with Gasteiger partial charge in [0.25, 0.3) is 0 Å². The minimum atomic E-state index is -0.255. The van der Waals surface area contributed by atoms with Crippen molar-refractivity contribution in [1.29, 1.82) is 0 Å². The summed E-state index contributed by atoms with van der Waals surface area (Å²) in [6.07, 6.45) is 0.761. The van der Waals surface area contributed by atoms with Crippen LogP contribution in [0.5, 0.6) is 11.5 Å². The van der Waals surface area contributed by atoms with Gasteiger partial charge in [0.05, 0.1) is 26.8 Å². The van der Waals surface area contributed by atoms with E-state index in [2.05, 4.69) is 10.3 Å². The summed E-state index contributed by atoms with van der Waals surface area (Å²) in [7, 11) is 7.10. The first-order valence-electron chi connectivity index (χ1n) is 9.11. The number of guanidine groups is 1. The number of benzene rings is 2. The third-order valence-corrected chi connectivity index (χ3v) is 4.46. The second-order valence-corrected chi connectivity index (χ2v) is 6.63. The first kappa shape index (κ1) is 21.5. The fourth-order valence-corrected chi connectivity index (χ4v) is 2.89. The van der Waals surface area contributed by atoms with Gasteiger partial charge in [-0.3, -0.25) is 4.99 Å². The van der Waals surface area contributed by atoms with Gasteiger partial charge in [-0.05, 0) is 55.9 Å². The van der Waals surface area contributed by atoms with Crippen LogP contribution in [0, 0.1) is 5.82 Å². The maximum Gasteiger partial charge on any atom is 0.188 e. The molecule has 0 bridgehead atoms. The largest absolute Gasteiger partial charge is 0.493 e. The molecule has 2 rings (SSSR count). The summed E-state index contributed by atoms with van der Waals surface area (Å²) < 4.78 is 24.1. The van der Waals surface area contributed by atoms with E-state index in [0.717, 1.165) is 17.5 Å². The van der Waals surface area contributed by atoms with Crippen LogP contribution in [0.15, 0.2) is 47.5 Å².